The van der Waals surface area contributed by atoms with Crippen molar-refractivity contribution in [2.75, 3.05) is 26.0 Å². The Morgan fingerprint density at radius 2 is 2.26 bits per heavy atom. The Hall–Kier alpha value is -1.60. The number of aryl methyl sites for hydroxylation is 2. The van der Waals surface area contributed by atoms with Crippen molar-refractivity contribution in [3.8, 4) is 6.07 Å². The number of hydrogen-bond acceptors (Lipinski definition) is 4. The van der Waals surface area contributed by atoms with Crippen LogP contribution < -0.4 is 5.32 Å². The number of nitriles is 1. The van der Waals surface area contributed by atoms with Crippen molar-refractivity contribution in [1.82, 2.24) is 9.88 Å². The fourth-order valence-corrected chi connectivity index (χ4v) is 2.42. The zero-order valence-corrected chi connectivity index (χ0v) is 12.0. The van der Waals surface area contributed by atoms with Gasteiger partial charge in [-0.15, -0.1) is 0 Å². The van der Waals surface area contributed by atoms with E-state index in [4.69, 9.17) is 0 Å². The monoisotopic (exact) mass is 258 g/mol. The maximum absolute atomic E-state index is 9.24. The second kappa shape index (κ2) is 6.03. The van der Waals surface area contributed by atoms with Crippen molar-refractivity contribution in [3.63, 3.8) is 0 Å². The van der Waals surface area contributed by atoms with Crippen LogP contribution in [0, 0.1) is 11.3 Å². The minimum Gasteiger partial charge on any atom is -0.366 e. The number of anilines is 1. The molecule has 1 aliphatic carbocycles. The van der Waals surface area contributed by atoms with E-state index in [9.17, 15) is 5.26 Å². The Morgan fingerprint density at radius 3 is 2.95 bits per heavy atom. The minimum atomic E-state index is 0.321. The molecule has 4 nitrogen and oxygen atoms in total. The third kappa shape index (κ3) is 3.45. The van der Waals surface area contributed by atoms with Gasteiger partial charge < -0.3 is 10.2 Å². The number of fused-ring (bicyclic) bond motifs is 1. The van der Waals surface area contributed by atoms with Crippen LogP contribution in [0.1, 0.15) is 36.6 Å². The molecule has 4 heteroatoms. The van der Waals surface area contributed by atoms with Crippen LogP contribution in [0.4, 0.5) is 5.82 Å². The molecule has 102 valence electrons. The van der Waals surface area contributed by atoms with Crippen molar-refractivity contribution in [1.29, 1.82) is 5.26 Å². The number of hydrogen-bond donors (Lipinski definition) is 1. The molecule has 0 radical (unpaired) electrons. The Balaban J connectivity index is 2.09. The highest BCUT2D eigenvalue weighted by atomic mass is 15.1. The molecule has 0 aliphatic heterocycles. The quantitative estimate of drug-likeness (QED) is 0.879. The normalized spacial score (nSPS) is 15.1. The Labute approximate surface area is 115 Å². The molecule has 0 saturated carbocycles. The number of nitrogens with zero attached hydrogens (tertiary/aromatic N) is 3. The second-order valence-corrected chi connectivity index (χ2v) is 5.59. The number of aromatic nitrogens is 1. The topological polar surface area (TPSA) is 52.0 Å². The molecule has 0 bridgehead atoms. The molecule has 1 heterocycles. The molecule has 0 spiro atoms. The predicted molar refractivity (Wildman–Crippen MR) is 77.2 cm³/mol. The second-order valence-electron chi connectivity index (χ2n) is 5.59. The van der Waals surface area contributed by atoms with Gasteiger partial charge in [-0.1, -0.05) is 0 Å². The highest BCUT2D eigenvalue weighted by Gasteiger charge is 2.17. The van der Waals surface area contributed by atoms with Gasteiger partial charge in [-0.25, -0.2) is 4.98 Å². The summed E-state index contributed by atoms with van der Waals surface area (Å²) in [5.74, 6) is 0.759. The summed E-state index contributed by atoms with van der Waals surface area (Å²) < 4.78 is 0. The van der Waals surface area contributed by atoms with Crippen molar-refractivity contribution >= 4 is 5.82 Å². The largest absolute Gasteiger partial charge is 0.366 e. The van der Waals surface area contributed by atoms with Crippen molar-refractivity contribution in [2.24, 2.45) is 0 Å². The first kappa shape index (κ1) is 13.8. The molecule has 1 atom stereocenters. The van der Waals surface area contributed by atoms with Crippen LogP contribution in [0.15, 0.2) is 6.07 Å². The zero-order chi connectivity index (χ0) is 13.8. The Morgan fingerprint density at radius 1 is 1.47 bits per heavy atom. The molecule has 0 fully saturated rings. The first-order valence-electron chi connectivity index (χ1n) is 6.94. The van der Waals surface area contributed by atoms with Gasteiger partial charge in [-0.2, -0.15) is 5.26 Å². The van der Waals surface area contributed by atoms with Crippen molar-refractivity contribution in [2.45, 2.75) is 38.6 Å². The SMILES string of the molecule is CC(CCN(C)C)Nc1nc2c(cc1C#N)CCC2. The first-order valence-corrected chi connectivity index (χ1v) is 6.94. The van der Waals surface area contributed by atoms with Gasteiger partial charge >= 0.3 is 0 Å². The summed E-state index contributed by atoms with van der Waals surface area (Å²) in [5, 5.41) is 12.6. The van der Waals surface area contributed by atoms with E-state index in [0.29, 0.717) is 11.6 Å². The van der Waals surface area contributed by atoms with Crippen LogP contribution in [0.25, 0.3) is 0 Å². The molecule has 1 aromatic rings. The van der Waals surface area contributed by atoms with Crippen LogP contribution >= 0.6 is 0 Å². The summed E-state index contributed by atoms with van der Waals surface area (Å²) in [6.07, 6.45) is 4.30. The average Bonchev–Trinajstić information content (AvgIpc) is 2.82. The summed E-state index contributed by atoms with van der Waals surface area (Å²) in [6.45, 7) is 3.17. The van der Waals surface area contributed by atoms with E-state index in [2.05, 4.69) is 42.3 Å². The van der Waals surface area contributed by atoms with Crippen molar-refractivity contribution < 1.29 is 0 Å². The summed E-state index contributed by atoms with van der Waals surface area (Å²) in [4.78, 5) is 6.81. The van der Waals surface area contributed by atoms with Gasteiger partial charge in [-0.05, 0) is 64.9 Å². The lowest BCUT2D eigenvalue weighted by atomic mass is 10.1. The molecule has 1 aromatic heterocycles. The standard InChI is InChI=1S/C15H22N4/c1-11(7-8-19(2)3)17-15-13(10-16)9-12-5-4-6-14(12)18-15/h9,11H,4-8H2,1-3H3,(H,17,18). The summed E-state index contributed by atoms with van der Waals surface area (Å²) in [6, 6.07) is 4.59. The molecule has 19 heavy (non-hydrogen) atoms. The van der Waals surface area contributed by atoms with Gasteiger partial charge in [-0.3, -0.25) is 0 Å². The third-order valence-electron chi connectivity index (χ3n) is 3.56. The van der Waals surface area contributed by atoms with Gasteiger partial charge in [0.2, 0.25) is 0 Å². The summed E-state index contributed by atoms with van der Waals surface area (Å²) in [7, 11) is 4.14. The summed E-state index contributed by atoms with van der Waals surface area (Å²) >= 11 is 0. The van der Waals surface area contributed by atoms with E-state index >= 15 is 0 Å². The van der Waals surface area contributed by atoms with E-state index in [0.717, 1.165) is 38.0 Å². The molecule has 1 N–H and O–H groups in total. The lowest BCUT2D eigenvalue weighted by Crippen LogP contribution is -2.24. The maximum Gasteiger partial charge on any atom is 0.144 e. The van der Waals surface area contributed by atoms with Gasteiger partial charge in [0.1, 0.15) is 11.9 Å². The zero-order valence-electron chi connectivity index (χ0n) is 12.0. The fourth-order valence-electron chi connectivity index (χ4n) is 2.42. The van der Waals surface area contributed by atoms with Crippen LogP contribution in [0.5, 0.6) is 0 Å². The third-order valence-corrected chi connectivity index (χ3v) is 3.56. The smallest absolute Gasteiger partial charge is 0.144 e. The molecule has 2 rings (SSSR count). The van der Waals surface area contributed by atoms with E-state index in [-0.39, 0.29) is 0 Å². The first-order chi connectivity index (χ1) is 9.10. The Kier molecular flexibility index (Phi) is 4.39. The van der Waals surface area contributed by atoms with Gasteiger partial charge in [0.25, 0.3) is 0 Å². The van der Waals surface area contributed by atoms with Crippen LogP contribution in [-0.4, -0.2) is 36.6 Å². The summed E-state index contributed by atoms with van der Waals surface area (Å²) in [5.41, 5.74) is 3.10. The maximum atomic E-state index is 9.24. The lowest BCUT2D eigenvalue weighted by molar-refractivity contribution is 0.390. The van der Waals surface area contributed by atoms with Crippen LogP contribution in [0.2, 0.25) is 0 Å². The van der Waals surface area contributed by atoms with E-state index in [1.807, 2.05) is 6.07 Å². The molecule has 1 unspecified atom stereocenters. The predicted octanol–water partition coefficient (Wildman–Crippen LogP) is 2.19. The molecule has 0 aromatic carbocycles. The van der Waals surface area contributed by atoms with Gasteiger partial charge in [0.15, 0.2) is 0 Å². The lowest BCUT2D eigenvalue weighted by Gasteiger charge is -2.18. The van der Waals surface area contributed by atoms with Gasteiger partial charge in [0, 0.05) is 11.7 Å². The Bertz CT molecular complexity index is 488. The molecular weight excluding hydrogens is 236 g/mol. The fraction of sp³-hybridized carbons (Fsp3) is 0.600. The molecule has 0 amide bonds. The highest BCUT2D eigenvalue weighted by molar-refractivity contribution is 5.55. The average molecular weight is 258 g/mol. The molecule has 1 aliphatic rings. The van der Waals surface area contributed by atoms with Crippen LogP contribution in [-0.2, 0) is 12.8 Å². The van der Waals surface area contributed by atoms with Gasteiger partial charge in [0.05, 0.1) is 5.56 Å². The molecular formula is C15H22N4. The van der Waals surface area contributed by atoms with Crippen LogP contribution in [0.3, 0.4) is 0 Å². The number of nitrogens with one attached hydrogen (secondary N) is 1. The van der Waals surface area contributed by atoms with E-state index in [1.165, 1.54) is 11.3 Å². The number of rotatable bonds is 5. The number of pyridine rings is 1. The van der Waals surface area contributed by atoms with E-state index in [1.54, 1.807) is 0 Å². The minimum absolute atomic E-state index is 0.321. The highest BCUT2D eigenvalue weighted by Crippen LogP contribution is 2.25. The van der Waals surface area contributed by atoms with Crippen molar-refractivity contribution in [3.05, 3.63) is 22.9 Å². The molecule has 0 saturated heterocycles. The van der Waals surface area contributed by atoms with E-state index < -0.39 is 0 Å².